The van der Waals surface area contributed by atoms with Crippen molar-refractivity contribution in [1.29, 1.82) is 0 Å². The molecule has 8 heteroatoms. The summed E-state index contributed by atoms with van der Waals surface area (Å²) in [7, 11) is -3.49. The van der Waals surface area contributed by atoms with Gasteiger partial charge in [-0.15, -0.1) is 11.3 Å². The van der Waals surface area contributed by atoms with Crippen LogP contribution >= 0.6 is 27.3 Å². The molecule has 2 N–H and O–H groups in total. The van der Waals surface area contributed by atoms with Gasteiger partial charge in [0, 0.05) is 24.6 Å². The predicted molar refractivity (Wildman–Crippen MR) is 90.2 cm³/mol. The van der Waals surface area contributed by atoms with Gasteiger partial charge in [0.25, 0.3) is 0 Å². The van der Waals surface area contributed by atoms with Gasteiger partial charge in [-0.25, -0.2) is 13.1 Å². The number of ether oxygens (including phenoxy) is 1. The van der Waals surface area contributed by atoms with E-state index in [2.05, 4.69) is 39.8 Å². The van der Waals surface area contributed by atoms with E-state index in [0.717, 1.165) is 11.4 Å². The third-order valence-corrected chi connectivity index (χ3v) is 6.25. The monoisotopic (exact) mass is 398 g/mol. The van der Waals surface area contributed by atoms with E-state index < -0.39 is 10.0 Å². The van der Waals surface area contributed by atoms with Crippen LogP contribution in [0.1, 0.15) is 25.6 Å². The Bertz CT molecular complexity index is 530. The van der Waals surface area contributed by atoms with Crippen molar-refractivity contribution in [2.24, 2.45) is 5.92 Å². The standard InChI is InChI=1S/C13H23BrN2O3S2/c1-4-15-8-11-7-12(13(14)20-11)21(17,18)16-5-6-19-9-10(2)3/h7,10,15-16H,4-6,8-9H2,1-3H3. The zero-order valence-electron chi connectivity index (χ0n) is 12.6. The van der Waals surface area contributed by atoms with Gasteiger partial charge in [0.2, 0.25) is 10.0 Å². The normalized spacial score (nSPS) is 12.2. The summed E-state index contributed by atoms with van der Waals surface area (Å²) < 4.78 is 33.0. The molecule has 5 nitrogen and oxygen atoms in total. The molecule has 0 fully saturated rings. The van der Waals surface area contributed by atoms with Gasteiger partial charge in [-0.2, -0.15) is 0 Å². The summed E-state index contributed by atoms with van der Waals surface area (Å²) in [6, 6.07) is 1.70. The highest BCUT2D eigenvalue weighted by Gasteiger charge is 2.20. The average Bonchev–Trinajstić information content (AvgIpc) is 2.77. The fourth-order valence-electron chi connectivity index (χ4n) is 1.56. The molecule has 0 aliphatic carbocycles. The molecule has 0 bridgehead atoms. The molecule has 0 saturated carbocycles. The van der Waals surface area contributed by atoms with Gasteiger partial charge in [0.15, 0.2) is 0 Å². The maximum atomic E-state index is 12.2. The van der Waals surface area contributed by atoms with Crippen molar-refractivity contribution in [3.8, 4) is 0 Å². The van der Waals surface area contributed by atoms with Gasteiger partial charge in [-0.1, -0.05) is 20.8 Å². The molecule has 0 unspecified atom stereocenters. The average molecular weight is 399 g/mol. The first-order chi connectivity index (χ1) is 9.86. The number of thiophene rings is 1. The van der Waals surface area contributed by atoms with Crippen molar-refractivity contribution in [2.75, 3.05) is 26.3 Å². The van der Waals surface area contributed by atoms with Crippen LogP contribution in [0.2, 0.25) is 0 Å². The summed E-state index contributed by atoms with van der Waals surface area (Å²) in [6.45, 7) is 8.94. The Labute approximate surface area is 139 Å². The Morgan fingerprint density at radius 2 is 2.14 bits per heavy atom. The van der Waals surface area contributed by atoms with E-state index in [-0.39, 0.29) is 6.54 Å². The van der Waals surface area contributed by atoms with Gasteiger partial charge < -0.3 is 10.1 Å². The van der Waals surface area contributed by atoms with Crippen molar-refractivity contribution < 1.29 is 13.2 Å². The zero-order chi connectivity index (χ0) is 15.9. The summed E-state index contributed by atoms with van der Waals surface area (Å²) in [5.41, 5.74) is 0. The second-order valence-corrected chi connectivity index (χ2v) is 9.19. The minimum Gasteiger partial charge on any atom is -0.380 e. The molecule has 0 aliphatic rings. The second kappa shape index (κ2) is 9.22. The molecule has 1 aromatic heterocycles. The summed E-state index contributed by atoms with van der Waals surface area (Å²) in [6.07, 6.45) is 0. The predicted octanol–water partition coefficient (Wildman–Crippen LogP) is 2.57. The van der Waals surface area contributed by atoms with Crippen molar-refractivity contribution in [2.45, 2.75) is 32.2 Å². The van der Waals surface area contributed by atoms with E-state index in [1.807, 2.05) is 6.92 Å². The summed E-state index contributed by atoms with van der Waals surface area (Å²) in [5.74, 6) is 0.446. The molecular weight excluding hydrogens is 376 g/mol. The SMILES string of the molecule is CCNCc1cc(S(=O)(=O)NCCOCC(C)C)c(Br)s1. The smallest absolute Gasteiger partial charge is 0.242 e. The first kappa shape index (κ1) is 19.1. The number of hydrogen-bond acceptors (Lipinski definition) is 5. The highest BCUT2D eigenvalue weighted by atomic mass is 79.9. The van der Waals surface area contributed by atoms with Crippen LogP contribution < -0.4 is 10.0 Å². The number of rotatable bonds is 10. The summed E-state index contributed by atoms with van der Waals surface area (Å²) >= 11 is 4.76. The van der Waals surface area contributed by atoms with Crippen LogP contribution in [0.5, 0.6) is 0 Å². The molecule has 1 heterocycles. The van der Waals surface area contributed by atoms with Crippen molar-refractivity contribution >= 4 is 37.3 Å². The van der Waals surface area contributed by atoms with Gasteiger partial charge in [0.05, 0.1) is 10.4 Å². The number of nitrogens with one attached hydrogen (secondary N) is 2. The lowest BCUT2D eigenvalue weighted by atomic mass is 10.2. The number of sulfonamides is 1. The van der Waals surface area contributed by atoms with Gasteiger partial charge in [-0.05, 0) is 34.5 Å². The molecule has 1 aromatic rings. The van der Waals surface area contributed by atoms with Crippen LogP contribution in [0.15, 0.2) is 14.7 Å². The number of hydrogen-bond donors (Lipinski definition) is 2. The van der Waals surface area contributed by atoms with Gasteiger partial charge in [0.1, 0.15) is 4.90 Å². The summed E-state index contributed by atoms with van der Waals surface area (Å²) in [5, 5.41) is 3.18. The van der Waals surface area contributed by atoms with Crippen LogP contribution in [0.4, 0.5) is 0 Å². The molecule has 21 heavy (non-hydrogen) atoms. The Morgan fingerprint density at radius 1 is 1.43 bits per heavy atom. The quantitative estimate of drug-likeness (QED) is 0.594. The van der Waals surface area contributed by atoms with E-state index in [1.54, 1.807) is 6.07 Å². The molecule has 0 atom stereocenters. The Kier molecular flexibility index (Phi) is 8.36. The molecule has 0 amide bonds. The molecule has 122 valence electrons. The zero-order valence-corrected chi connectivity index (χ0v) is 15.8. The lowest BCUT2D eigenvalue weighted by Gasteiger charge is -2.08. The van der Waals surface area contributed by atoms with E-state index in [0.29, 0.717) is 34.4 Å². The molecular formula is C13H23BrN2O3S2. The fraction of sp³-hybridized carbons (Fsp3) is 0.692. The van der Waals surface area contributed by atoms with E-state index in [1.165, 1.54) is 11.3 Å². The maximum absolute atomic E-state index is 12.2. The first-order valence-electron chi connectivity index (χ1n) is 6.93. The topological polar surface area (TPSA) is 67.4 Å². The lowest BCUT2D eigenvalue weighted by Crippen LogP contribution is -2.27. The van der Waals surface area contributed by atoms with Crippen LogP contribution in [0.3, 0.4) is 0 Å². The Balaban J connectivity index is 2.55. The largest absolute Gasteiger partial charge is 0.380 e. The fourth-order valence-corrected chi connectivity index (χ4v) is 5.22. The molecule has 1 rings (SSSR count). The Hall–Kier alpha value is 0.01000. The number of halogens is 1. The second-order valence-electron chi connectivity index (χ2n) is 5.00. The highest BCUT2D eigenvalue weighted by Crippen LogP contribution is 2.31. The van der Waals surface area contributed by atoms with Crippen LogP contribution in [-0.2, 0) is 21.3 Å². The van der Waals surface area contributed by atoms with Gasteiger partial charge >= 0.3 is 0 Å². The van der Waals surface area contributed by atoms with E-state index in [9.17, 15) is 8.42 Å². The van der Waals surface area contributed by atoms with Crippen LogP contribution in [0.25, 0.3) is 0 Å². The maximum Gasteiger partial charge on any atom is 0.242 e. The van der Waals surface area contributed by atoms with Crippen molar-refractivity contribution in [3.05, 3.63) is 14.7 Å². The lowest BCUT2D eigenvalue weighted by molar-refractivity contribution is 0.114. The van der Waals surface area contributed by atoms with E-state index >= 15 is 0 Å². The minimum absolute atomic E-state index is 0.278. The minimum atomic E-state index is -3.49. The summed E-state index contributed by atoms with van der Waals surface area (Å²) in [4.78, 5) is 1.28. The third kappa shape index (κ3) is 6.75. The van der Waals surface area contributed by atoms with Crippen LogP contribution in [-0.4, -0.2) is 34.7 Å². The van der Waals surface area contributed by atoms with Crippen molar-refractivity contribution in [3.63, 3.8) is 0 Å². The van der Waals surface area contributed by atoms with Crippen molar-refractivity contribution in [1.82, 2.24) is 10.0 Å². The molecule has 0 aromatic carbocycles. The molecule has 0 saturated heterocycles. The highest BCUT2D eigenvalue weighted by molar-refractivity contribution is 9.11. The van der Waals surface area contributed by atoms with Gasteiger partial charge in [-0.3, -0.25) is 0 Å². The molecule has 0 radical (unpaired) electrons. The van der Waals surface area contributed by atoms with E-state index in [4.69, 9.17) is 4.74 Å². The third-order valence-electron chi connectivity index (χ3n) is 2.53. The molecule has 0 aliphatic heterocycles. The first-order valence-corrected chi connectivity index (χ1v) is 10.0. The Morgan fingerprint density at radius 3 is 2.76 bits per heavy atom. The molecule has 0 spiro atoms. The van der Waals surface area contributed by atoms with Crippen LogP contribution in [0, 0.1) is 5.92 Å².